The Kier molecular flexibility index (Phi) is 9.63. The van der Waals surface area contributed by atoms with Crippen LogP contribution in [0.2, 0.25) is 0 Å². The fourth-order valence-corrected chi connectivity index (χ4v) is 6.58. The minimum absolute atomic E-state index is 0.118. The second kappa shape index (κ2) is 13.1. The fraction of sp³-hybridized carbons (Fsp3) is 0.375. The number of hydrogen-bond donors (Lipinski definition) is 0. The molecule has 0 radical (unpaired) electrons. The highest BCUT2D eigenvalue weighted by Gasteiger charge is 2.40. The van der Waals surface area contributed by atoms with Crippen LogP contribution in [0.4, 0.5) is 0 Å². The lowest BCUT2D eigenvalue weighted by Crippen LogP contribution is -2.41. The highest BCUT2D eigenvalue weighted by Crippen LogP contribution is 2.33. The number of benzene rings is 3. The zero-order valence-electron chi connectivity index (χ0n) is 24.1. The van der Waals surface area contributed by atoms with Gasteiger partial charge in [0.1, 0.15) is 0 Å². The minimum Gasteiger partial charge on any atom is -0.493 e. The Hall–Kier alpha value is -3.94. The Bertz CT molecular complexity index is 1530. The summed E-state index contributed by atoms with van der Waals surface area (Å²) >= 11 is 0. The van der Waals surface area contributed by atoms with E-state index in [4.69, 9.17) is 9.47 Å². The summed E-state index contributed by atoms with van der Waals surface area (Å²) in [5, 5.41) is -0.911. The molecule has 3 aromatic carbocycles. The van der Waals surface area contributed by atoms with Crippen LogP contribution in [0.1, 0.15) is 53.5 Å². The van der Waals surface area contributed by atoms with E-state index in [1.807, 2.05) is 51.1 Å². The average molecular weight is 576 g/mol. The lowest BCUT2D eigenvalue weighted by Gasteiger charge is -2.24. The van der Waals surface area contributed by atoms with E-state index < -0.39 is 20.8 Å². The molecule has 8 nitrogen and oxygen atoms in total. The van der Waals surface area contributed by atoms with Crippen molar-refractivity contribution >= 4 is 20.8 Å². The number of hydrogen-bond acceptors (Lipinski definition) is 5. The van der Waals surface area contributed by atoms with Crippen molar-refractivity contribution in [1.29, 1.82) is 0 Å². The van der Waals surface area contributed by atoms with Gasteiger partial charge in [-0.25, -0.2) is 8.42 Å². The van der Waals surface area contributed by atoms with Crippen LogP contribution in [0.3, 0.4) is 0 Å². The smallest absolute Gasteiger partial charge is 0.473 e. The SMILES string of the molecule is COc1ccc(CCN(Cc2c(C)cc(C)cc2C)C(=O)C(=[N+]=[N-])S(=O)(=O)c2ccccc2)cc1OC1CCCC1. The molecule has 4 rings (SSSR count). The number of amides is 1. The predicted octanol–water partition coefficient (Wildman–Crippen LogP) is 5.62. The predicted molar refractivity (Wildman–Crippen MR) is 158 cm³/mol. The summed E-state index contributed by atoms with van der Waals surface area (Å²) in [4.78, 5) is 18.1. The zero-order chi connectivity index (χ0) is 29.6. The second-order valence-corrected chi connectivity index (χ2v) is 12.5. The first kappa shape index (κ1) is 30.0. The molecule has 0 N–H and O–H groups in total. The molecule has 1 amide bonds. The molecule has 0 aromatic heterocycles. The molecule has 0 spiro atoms. The van der Waals surface area contributed by atoms with Gasteiger partial charge in [0.25, 0.3) is 9.84 Å². The van der Waals surface area contributed by atoms with Gasteiger partial charge in [0.2, 0.25) is 0 Å². The summed E-state index contributed by atoms with van der Waals surface area (Å²) in [5.41, 5.74) is 14.7. The van der Waals surface area contributed by atoms with E-state index in [-0.39, 0.29) is 24.1 Å². The first-order valence-corrected chi connectivity index (χ1v) is 15.3. The number of aryl methyl sites for hydroxylation is 3. The molecular weight excluding hydrogens is 538 g/mol. The molecule has 0 unspecified atom stereocenters. The maximum absolute atomic E-state index is 13.8. The van der Waals surface area contributed by atoms with E-state index in [0.717, 1.165) is 53.5 Å². The molecule has 1 saturated carbocycles. The molecule has 1 aliphatic carbocycles. The van der Waals surface area contributed by atoms with Crippen molar-refractivity contribution in [2.75, 3.05) is 13.7 Å². The lowest BCUT2D eigenvalue weighted by molar-refractivity contribution is -0.128. The normalized spacial score (nSPS) is 13.5. The molecule has 9 heteroatoms. The Morgan fingerprint density at radius 1 is 0.976 bits per heavy atom. The van der Waals surface area contributed by atoms with Gasteiger partial charge in [-0.2, -0.15) is 0 Å². The first-order chi connectivity index (χ1) is 19.6. The van der Waals surface area contributed by atoms with Gasteiger partial charge in [-0.3, -0.25) is 4.79 Å². The van der Waals surface area contributed by atoms with Crippen LogP contribution in [0, 0.1) is 20.8 Å². The number of carbonyl (C=O) groups is 1. The van der Waals surface area contributed by atoms with Crippen LogP contribution in [-0.2, 0) is 27.6 Å². The van der Waals surface area contributed by atoms with Gasteiger partial charge in [-0.1, -0.05) is 42.0 Å². The molecule has 3 aromatic rings. The van der Waals surface area contributed by atoms with Crippen LogP contribution >= 0.6 is 0 Å². The highest BCUT2D eigenvalue weighted by atomic mass is 32.2. The summed E-state index contributed by atoms with van der Waals surface area (Å²) in [5.74, 6) is 0.430. The van der Waals surface area contributed by atoms with Crippen LogP contribution in [0.5, 0.6) is 11.5 Å². The molecule has 0 aliphatic heterocycles. The first-order valence-electron chi connectivity index (χ1n) is 13.9. The lowest BCUT2D eigenvalue weighted by atomic mass is 9.99. The summed E-state index contributed by atoms with van der Waals surface area (Å²) in [6.45, 7) is 6.28. The standard InChI is InChI=1S/C32H37N3O5S/c1-22-18-23(2)28(24(3)19-22)21-35(32(36)31(34-33)41(37,38)27-12-6-5-7-13-27)17-16-25-14-15-29(39-4)30(20-25)40-26-10-8-9-11-26/h5-7,12-15,18-20,26H,8-11,16-17,21H2,1-4H3. The third kappa shape index (κ3) is 7.04. The van der Waals surface area contributed by atoms with Gasteiger partial charge in [0, 0.05) is 13.1 Å². The number of methoxy groups -OCH3 is 1. The van der Waals surface area contributed by atoms with Crippen molar-refractivity contribution in [3.05, 3.63) is 94.0 Å². The van der Waals surface area contributed by atoms with Crippen molar-refractivity contribution in [3.8, 4) is 11.5 Å². The van der Waals surface area contributed by atoms with E-state index in [1.54, 1.807) is 25.3 Å². The number of rotatable bonds is 9. The fourth-order valence-electron chi connectivity index (χ4n) is 5.38. The van der Waals surface area contributed by atoms with Gasteiger partial charge in [0.05, 0.1) is 18.1 Å². The maximum atomic E-state index is 13.8. The van der Waals surface area contributed by atoms with Crippen LogP contribution in [0.25, 0.3) is 5.53 Å². The molecule has 1 aliphatic rings. The van der Waals surface area contributed by atoms with Crippen molar-refractivity contribution < 1.29 is 27.5 Å². The van der Waals surface area contributed by atoms with Gasteiger partial charge in [-0.05, 0) is 99.4 Å². The topological polar surface area (TPSA) is 109 Å². The van der Waals surface area contributed by atoms with Crippen LogP contribution < -0.4 is 9.47 Å². The molecule has 1 fully saturated rings. The monoisotopic (exact) mass is 575 g/mol. The van der Waals surface area contributed by atoms with Crippen molar-refractivity contribution in [3.63, 3.8) is 0 Å². The number of nitrogens with zero attached hydrogens (tertiary/aromatic N) is 3. The summed E-state index contributed by atoms with van der Waals surface area (Å²) in [7, 11) is -2.75. The van der Waals surface area contributed by atoms with Crippen molar-refractivity contribution in [2.24, 2.45) is 0 Å². The third-order valence-electron chi connectivity index (χ3n) is 7.55. The zero-order valence-corrected chi connectivity index (χ0v) is 24.9. The molecule has 0 heterocycles. The molecular formula is C32H37N3O5S. The van der Waals surface area contributed by atoms with Gasteiger partial charge < -0.3 is 19.9 Å². The summed E-state index contributed by atoms with van der Waals surface area (Å²) < 4.78 is 38.4. The van der Waals surface area contributed by atoms with Crippen LogP contribution in [-0.4, -0.2) is 48.8 Å². The van der Waals surface area contributed by atoms with Crippen molar-refractivity contribution in [2.45, 2.75) is 70.4 Å². The Morgan fingerprint density at radius 2 is 1.63 bits per heavy atom. The van der Waals surface area contributed by atoms with Gasteiger partial charge >= 0.3 is 11.0 Å². The molecule has 0 atom stereocenters. The molecule has 0 bridgehead atoms. The Labute approximate surface area is 242 Å². The largest absolute Gasteiger partial charge is 0.493 e. The van der Waals surface area contributed by atoms with Crippen LogP contribution in [0.15, 0.2) is 65.6 Å². The average Bonchev–Trinajstić information content (AvgIpc) is 3.46. The number of carbonyl (C=O) groups excluding carboxylic acids is 1. The van der Waals surface area contributed by atoms with E-state index in [9.17, 15) is 18.7 Å². The van der Waals surface area contributed by atoms with Gasteiger partial charge in [-0.15, -0.1) is 4.79 Å². The van der Waals surface area contributed by atoms with E-state index in [2.05, 4.69) is 4.79 Å². The maximum Gasteiger partial charge on any atom is 0.473 e. The highest BCUT2D eigenvalue weighted by molar-refractivity contribution is 8.08. The number of sulfone groups is 1. The third-order valence-corrected chi connectivity index (χ3v) is 9.21. The quantitative estimate of drug-likeness (QED) is 0.142. The second-order valence-electron chi connectivity index (χ2n) is 10.6. The summed E-state index contributed by atoms with van der Waals surface area (Å²) in [6.07, 6.45) is 4.86. The van der Waals surface area contributed by atoms with Crippen molar-refractivity contribution in [1.82, 2.24) is 4.90 Å². The Balaban J connectivity index is 1.65. The van der Waals surface area contributed by atoms with Gasteiger partial charge in [0.15, 0.2) is 11.5 Å². The number of ether oxygens (including phenoxy) is 2. The van der Waals surface area contributed by atoms with E-state index >= 15 is 0 Å². The van der Waals surface area contributed by atoms with E-state index in [0.29, 0.717) is 17.9 Å². The van der Waals surface area contributed by atoms with E-state index in [1.165, 1.54) is 17.0 Å². The molecule has 0 saturated heterocycles. The molecule has 216 valence electrons. The molecule has 41 heavy (non-hydrogen) atoms. The minimum atomic E-state index is -4.35. The summed E-state index contributed by atoms with van der Waals surface area (Å²) in [6, 6.07) is 17.3. The Morgan fingerprint density at radius 3 is 2.24 bits per heavy atom.